The van der Waals surface area contributed by atoms with Crippen molar-refractivity contribution >= 4 is 23.3 Å². The van der Waals surface area contributed by atoms with Crippen LogP contribution in [0.1, 0.15) is 72.6 Å². The van der Waals surface area contributed by atoms with Crippen molar-refractivity contribution in [2.24, 2.45) is 28.1 Å². The minimum absolute atomic E-state index is 0.00924. The minimum Gasteiger partial charge on any atom is -0.458 e. The first-order chi connectivity index (χ1) is 13.9. The Kier molecular flexibility index (Phi) is 4.70. The summed E-state index contributed by atoms with van der Waals surface area (Å²) in [6, 6.07) is 0. The van der Waals surface area contributed by atoms with Crippen molar-refractivity contribution in [2.45, 2.75) is 78.2 Å². The summed E-state index contributed by atoms with van der Waals surface area (Å²) in [7, 11) is 0. The number of hydrogen-bond donors (Lipinski definition) is 1. The van der Waals surface area contributed by atoms with Gasteiger partial charge >= 0.3 is 5.97 Å². The van der Waals surface area contributed by atoms with Gasteiger partial charge in [0.15, 0.2) is 12.4 Å². The zero-order chi connectivity index (χ0) is 22.1. The molecule has 6 nitrogen and oxygen atoms in total. The Bertz CT molecular complexity index is 873. The monoisotopic (exact) mass is 416 g/mol. The molecule has 1 N–H and O–H groups in total. The summed E-state index contributed by atoms with van der Waals surface area (Å²) in [4.78, 5) is 49.8. The third kappa shape index (κ3) is 2.65. The van der Waals surface area contributed by atoms with Crippen LogP contribution < -0.4 is 0 Å². The van der Waals surface area contributed by atoms with Crippen molar-refractivity contribution in [1.29, 1.82) is 0 Å². The van der Waals surface area contributed by atoms with Crippen LogP contribution in [-0.4, -0.2) is 40.6 Å². The molecule has 0 aromatic heterocycles. The lowest BCUT2D eigenvalue weighted by Gasteiger charge is -2.63. The molecule has 3 saturated carbocycles. The number of esters is 1. The largest absolute Gasteiger partial charge is 0.458 e. The van der Waals surface area contributed by atoms with Crippen LogP contribution in [0.3, 0.4) is 0 Å². The van der Waals surface area contributed by atoms with Crippen LogP contribution in [0.2, 0.25) is 0 Å². The second-order valence-corrected chi connectivity index (χ2v) is 10.7. The quantitative estimate of drug-likeness (QED) is 0.711. The molecule has 0 radical (unpaired) electrons. The third-order valence-electron chi connectivity index (χ3n) is 9.23. The highest BCUT2D eigenvalue weighted by molar-refractivity contribution is 5.95. The molecule has 0 saturated heterocycles. The van der Waals surface area contributed by atoms with Crippen LogP contribution in [-0.2, 0) is 23.9 Å². The molecule has 0 spiro atoms. The first kappa shape index (κ1) is 21.4. The summed E-state index contributed by atoms with van der Waals surface area (Å²) >= 11 is 0. The molecule has 0 unspecified atom stereocenters. The van der Waals surface area contributed by atoms with Gasteiger partial charge in [-0.3, -0.25) is 19.2 Å². The number of ether oxygens (including phenoxy) is 1. The summed E-state index contributed by atoms with van der Waals surface area (Å²) in [5, 5.41) is 11.5. The number of hydrogen-bond acceptors (Lipinski definition) is 6. The molecule has 0 heterocycles. The van der Waals surface area contributed by atoms with E-state index in [-0.39, 0.29) is 47.1 Å². The Morgan fingerprint density at radius 3 is 2.50 bits per heavy atom. The maximum absolute atomic E-state index is 13.7. The Balaban J connectivity index is 1.72. The van der Waals surface area contributed by atoms with E-state index in [0.29, 0.717) is 19.3 Å². The van der Waals surface area contributed by atoms with E-state index >= 15 is 0 Å². The van der Waals surface area contributed by atoms with Crippen LogP contribution in [0.25, 0.3) is 0 Å². The molecule has 0 aromatic carbocycles. The molecule has 6 atom stereocenters. The van der Waals surface area contributed by atoms with Gasteiger partial charge in [0.2, 0.25) is 5.78 Å². The Morgan fingerprint density at radius 1 is 1.13 bits per heavy atom. The highest BCUT2D eigenvalue weighted by atomic mass is 16.5. The lowest BCUT2D eigenvalue weighted by Crippen LogP contribution is -2.64. The van der Waals surface area contributed by atoms with Gasteiger partial charge in [-0.1, -0.05) is 26.3 Å². The number of ketones is 3. The highest BCUT2D eigenvalue weighted by Gasteiger charge is 2.72. The van der Waals surface area contributed by atoms with Crippen LogP contribution in [0.15, 0.2) is 11.6 Å². The predicted octanol–water partition coefficient (Wildman–Crippen LogP) is 2.95. The maximum atomic E-state index is 13.7. The lowest BCUT2D eigenvalue weighted by molar-refractivity contribution is -0.184. The van der Waals surface area contributed by atoms with E-state index in [1.807, 2.05) is 6.92 Å². The fourth-order valence-corrected chi connectivity index (χ4v) is 7.82. The zero-order valence-electron chi connectivity index (χ0n) is 18.4. The first-order valence-electron chi connectivity index (χ1n) is 11.0. The van der Waals surface area contributed by atoms with Crippen molar-refractivity contribution in [2.75, 3.05) is 6.61 Å². The molecule has 30 heavy (non-hydrogen) atoms. The van der Waals surface area contributed by atoms with Crippen molar-refractivity contribution in [1.82, 2.24) is 0 Å². The van der Waals surface area contributed by atoms with Gasteiger partial charge < -0.3 is 9.84 Å². The molecule has 0 amide bonds. The van der Waals surface area contributed by atoms with E-state index in [0.717, 1.165) is 18.4 Å². The van der Waals surface area contributed by atoms with E-state index in [4.69, 9.17) is 4.74 Å². The van der Waals surface area contributed by atoms with Crippen molar-refractivity contribution in [3.05, 3.63) is 11.6 Å². The maximum Gasteiger partial charge on any atom is 0.303 e. The van der Waals surface area contributed by atoms with Gasteiger partial charge in [0.25, 0.3) is 0 Å². The summed E-state index contributed by atoms with van der Waals surface area (Å²) in [5.74, 6) is -1.05. The smallest absolute Gasteiger partial charge is 0.303 e. The fourth-order valence-electron chi connectivity index (χ4n) is 7.82. The van der Waals surface area contributed by atoms with Gasteiger partial charge in [0.05, 0.1) is 0 Å². The zero-order valence-corrected chi connectivity index (χ0v) is 18.4. The van der Waals surface area contributed by atoms with Crippen molar-refractivity contribution < 1.29 is 29.0 Å². The minimum atomic E-state index is -1.67. The number of aliphatic hydroxyl groups is 1. The average molecular weight is 417 g/mol. The summed E-state index contributed by atoms with van der Waals surface area (Å²) in [6.07, 6.45) is 5.53. The van der Waals surface area contributed by atoms with Crippen LogP contribution >= 0.6 is 0 Å². The van der Waals surface area contributed by atoms with E-state index in [1.54, 1.807) is 6.08 Å². The molecule has 0 aromatic rings. The van der Waals surface area contributed by atoms with Crippen LogP contribution in [0.5, 0.6) is 0 Å². The van der Waals surface area contributed by atoms with Gasteiger partial charge in [-0.15, -0.1) is 0 Å². The van der Waals surface area contributed by atoms with Crippen molar-refractivity contribution in [3.63, 3.8) is 0 Å². The number of allylic oxidation sites excluding steroid dienone is 1. The average Bonchev–Trinajstić information content (AvgIpc) is 2.92. The summed E-state index contributed by atoms with van der Waals surface area (Å²) < 4.78 is 4.89. The van der Waals surface area contributed by atoms with Gasteiger partial charge in [-0.05, 0) is 54.9 Å². The number of Topliss-reactive ketones (excluding diaryl/α,β-unsaturated/α-hetero) is 2. The molecule has 4 aliphatic carbocycles. The summed E-state index contributed by atoms with van der Waals surface area (Å²) in [6.45, 7) is 6.91. The van der Waals surface area contributed by atoms with E-state index in [9.17, 15) is 24.3 Å². The lowest BCUT2D eigenvalue weighted by atomic mass is 9.40. The molecule has 6 heteroatoms. The van der Waals surface area contributed by atoms with E-state index in [1.165, 1.54) is 6.92 Å². The predicted molar refractivity (Wildman–Crippen MR) is 108 cm³/mol. The molecule has 4 aliphatic rings. The number of carbonyl (C=O) groups is 4. The fraction of sp³-hybridized carbons (Fsp3) is 0.750. The van der Waals surface area contributed by atoms with E-state index < -0.39 is 29.4 Å². The molecular weight excluding hydrogens is 384 g/mol. The Labute approximate surface area is 177 Å². The molecule has 0 bridgehead atoms. The number of carbonyl (C=O) groups excluding carboxylic acids is 4. The molecule has 4 rings (SSSR count). The number of rotatable bonds is 3. The molecule has 0 aliphatic heterocycles. The van der Waals surface area contributed by atoms with Gasteiger partial charge in [-0.25, -0.2) is 0 Å². The number of fused-ring (bicyclic) bond motifs is 5. The third-order valence-corrected chi connectivity index (χ3v) is 9.23. The second-order valence-electron chi connectivity index (χ2n) is 10.7. The van der Waals surface area contributed by atoms with Gasteiger partial charge in [-0.2, -0.15) is 0 Å². The van der Waals surface area contributed by atoms with E-state index in [2.05, 4.69) is 13.8 Å². The topological polar surface area (TPSA) is 97.7 Å². The molecular formula is C24H32O6. The van der Waals surface area contributed by atoms with Gasteiger partial charge in [0, 0.05) is 31.1 Å². The normalized spacial score (nSPS) is 45.2. The Morgan fingerprint density at radius 2 is 1.83 bits per heavy atom. The molecule has 3 fully saturated rings. The van der Waals surface area contributed by atoms with Gasteiger partial charge in [0.1, 0.15) is 11.4 Å². The SMILES string of the molecule is CC(=O)OCC(=O)[C@@]1(O)CC[C@H]2[C@]3(C)CCC4=CC(=O)CC[C@]4(C)[C@H]3C(=O)C[C@@]21C. The van der Waals surface area contributed by atoms with Crippen LogP contribution in [0.4, 0.5) is 0 Å². The summed E-state index contributed by atoms with van der Waals surface area (Å²) in [5.41, 5.74) is -2.13. The second kappa shape index (κ2) is 6.59. The van der Waals surface area contributed by atoms with Crippen LogP contribution in [0, 0.1) is 28.1 Å². The Hall–Kier alpha value is -1.82. The standard InChI is InChI=1S/C24H32O6/c1-14(25)30-13-19(28)24(29)10-7-18-22(3)8-5-15-11-16(26)6-9-21(15,2)20(22)17(27)12-23(18,24)4/h11,18,20,29H,5-10,12-13H2,1-4H3/t18-,20+,21-,22-,23-,24-/m0/s1. The molecule has 164 valence electrons. The highest BCUT2D eigenvalue weighted by Crippen LogP contribution is 2.71. The van der Waals surface area contributed by atoms with Crippen molar-refractivity contribution in [3.8, 4) is 0 Å². The first-order valence-corrected chi connectivity index (χ1v) is 11.0.